The van der Waals surface area contributed by atoms with Crippen molar-refractivity contribution in [3.8, 4) is 0 Å². The average molecular weight is 810 g/mol. The van der Waals surface area contributed by atoms with Crippen LogP contribution in [0.5, 0.6) is 0 Å². The lowest BCUT2D eigenvalue weighted by molar-refractivity contribution is -0.237. The second-order valence-electron chi connectivity index (χ2n) is 15.9. The molecule has 13 nitrogen and oxygen atoms in total. The fourth-order valence-electron chi connectivity index (χ4n) is 7.16. The molecule has 0 saturated carbocycles. The Balaban J connectivity index is 2.66. The Morgan fingerprint density at radius 2 is 1.26 bits per heavy atom. The van der Waals surface area contributed by atoms with E-state index in [1.807, 2.05) is 0 Å². The van der Waals surface area contributed by atoms with Crippen molar-refractivity contribution in [1.82, 2.24) is 15.7 Å². The number of hydroxylamine groups is 1. The molecule has 57 heavy (non-hydrogen) atoms. The van der Waals surface area contributed by atoms with Gasteiger partial charge < -0.3 is 36.6 Å². The fraction of sp³-hybridized carbons (Fsp3) is 0.864. The molecule has 0 spiro atoms. The predicted octanol–water partition coefficient (Wildman–Crippen LogP) is 6.41. The Labute approximate surface area is 345 Å². The molecule has 3 amide bonds. The Kier molecular flexibility index (Phi) is 32.8. The summed E-state index contributed by atoms with van der Waals surface area (Å²) in [4.78, 5) is 57.2. The molecule has 1 heterocycles. The van der Waals surface area contributed by atoms with Crippen LogP contribution in [0.1, 0.15) is 187 Å². The van der Waals surface area contributed by atoms with Crippen LogP contribution >= 0.6 is 0 Å². The SMILES string of the molecule is CCCCCCCC/C=C\CCCCCCCC(=O)N(CCCCCCCCCCCCCC)[C@H]1C[C@H](ONC(=O)CNC(=O)C(N)C(=O)CN)[C@@H](O)[C@@H](CO)O1. The summed E-state index contributed by atoms with van der Waals surface area (Å²) >= 11 is 0. The number of ketones is 1. The van der Waals surface area contributed by atoms with Crippen LogP contribution in [0.3, 0.4) is 0 Å². The van der Waals surface area contributed by atoms with Crippen LogP contribution in [0, 0.1) is 0 Å². The number of ether oxygens (including phenoxy) is 1. The molecule has 0 aromatic rings. The van der Waals surface area contributed by atoms with Crippen molar-refractivity contribution in [3.05, 3.63) is 12.2 Å². The Hall–Kier alpha value is -2.42. The lowest BCUT2D eigenvalue weighted by Gasteiger charge is -2.42. The normalized spacial score (nSPS) is 18.8. The zero-order valence-corrected chi connectivity index (χ0v) is 35.9. The highest BCUT2D eigenvalue weighted by molar-refractivity contribution is 6.06. The maximum atomic E-state index is 13.8. The van der Waals surface area contributed by atoms with E-state index in [0.717, 1.165) is 57.8 Å². The maximum Gasteiger partial charge on any atom is 0.262 e. The number of Topliss-reactive ketones (excluding diaryl/α,β-unsaturated/α-hetero) is 1. The van der Waals surface area contributed by atoms with Crippen LogP contribution in [0.2, 0.25) is 0 Å². The lowest BCUT2D eigenvalue weighted by atomic mass is 9.99. The first-order valence-corrected chi connectivity index (χ1v) is 22.8. The van der Waals surface area contributed by atoms with Crippen LogP contribution in [0.4, 0.5) is 0 Å². The van der Waals surface area contributed by atoms with Gasteiger partial charge in [-0.2, -0.15) is 0 Å². The molecule has 5 atom stereocenters. The van der Waals surface area contributed by atoms with Crippen molar-refractivity contribution in [3.63, 3.8) is 0 Å². The van der Waals surface area contributed by atoms with Gasteiger partial charge in [-0.15, -0.1) is 0 Å². The number of carbonyl (C=O) groups excluding carboxylic acids is 4. The molecule has 1 fully saturated rings. The van der Waals surface area contributed by atoms with Crippen LogP contribution in [0.25, 0.3) is 0 Å². The minimum absolute atomic E-state index is 0.0392. The third-order valence-corrected chi connectivity index (χ3v) is 10.9. The van der Waals surface area contributed by atoms with Crippen LogP contribution in [-0.4, -0.2) is 95.4 Å². The van der Waals surface area contributed by atoms with E-state index in [2.05, 4.69) is 36.8 Å². The lowest BCUT2D eigenvalue weighted by Crippen LogP contribution is -2.58. The van der Waals surface area contributed by atoms with Crippen molar-refractivity contribution < 1.29 is 39.0 Å². The van der Waals surface area contributed by atoms with E-state index in [1.54, 1.807) is 4.90 Å². The number of carbonyl (C=O) groups is 4. The summed E-state index contributed by atoms with van der Waals surface area (Å²) in [5, 5.41) is 23.2. The quantitative estimate of drug-likeness (QED) is 0.0176. The predicted molar refractivity (Wildman–Crippen MR) is 227 cm³/mol. The van der Waals surface area contributed by atoms with Crippen molar-refractivity contribution >= 4 is 23.5 Å². The Morgan fingerprint density at radius 3 is 1.77 bits per heavy atom. The van der Waals surface area contributed by atoms with E-state index in [4.69, 9.17) is 21.0 Å². The van der Waals surface area contributed by atoms with Gasteiger partial charge in [-0.3, -0.25) is 24.0 Å². The van der Waals surface area contributed by atoms with Crippen molar-refractivity contribution in [2.75, 3.05) is 26.2 Å². The Morgan fingerprint density at radius 1 is 0.772 bits per heavy atom. The summed E-state index contributed by atoms with van der Waals surface area (Å²) in [5.41, 5.74) is 13.0. The van der Waals surface area contributed by atoms with Crippen LogP contribution < -0.4 is 22.3 Å². The molecular formula is C44H83N5O8. The number of hydrogen-bond acceptors (Lipinski definition) is 10. The zero-order chi connectivity index (χ0) is 41.9. The highest BCUT2D eigenvalue weighted by atomic mass is 16.7. The number of unbranched alkanes of at least 4 members (excludes halogenated alkanes) is 22. The van der Waals surface area contributed by atoms with Gasteiger partial charge in [-0.05, 0) is 38.5 Å². The largest absolute Gasteiger partial charge is 0.394 e. The number of amides is 3. The summed E-state index contributed by atoms with van der Waals surface area (Å²) in [5.74, 6) is -2.32. The molecule has 332 valence electrons. The number of hydrogen-bond donors (Lipinski definition) is 6. The molecular weight excluding hydrogens is 727 g/mol. The topological polar surface area (TPSA) is 207 Å². The molecule has 1 saturated heterocycles. The van der Waals surface area contributed by atoms with Gasteiger partial charge >= 0.3 is 0 Å². The highest BCUT2D eigenvalue weighted by Crippen LogP contribution is 2.26. The standard InChI is InChI=1S/C44H83N5O8/c1-3-5-7-9-11-13-15-17-18-19-20-22-24-26-28-30-40(53)49(31-29-27-25-23-21-16-14-12-10-8-6-4-2)41-32-37(43(54)38(35-50)56-41)57-48-39(52)34-47-44(55)42(46)36(51)33-45/h17-18,37-38,41-43,50,54H,3-16,19-35,45-46H2,1-2H3,(H,47,55)(H,48,52)/b18-17-/t37-,38+,41+,42?,43+/m0/s1. The number of aliphatic hydroxyl groups excluding tert-OH is 2. The van der Waals surface area contributed by atoms with Gasteiger partial charge in [-0.25, -0.2) is 5.48 Å². The number of nitrogens with one attached hydrogen (secondary N) is 2. The number of allylic oxidation sites excluding steroid dienone is 2. The summed E-state index contributed by atoms with van der Waals surface area (Å²) in [6.07, 6.45) is 30.7. The van der Waals surface area contributed by atoms with Gasteiger partial charge in [0.25, 0.3) is 5.91 Å². The summed E-state index contributed by atoms with van der Waals surface area (Å²) in [6.45, 7) is 3.52. The summed E-state index contributed by atoms with van der Waals surface area (Å²) in [6, 6.07) is -1.49. The molecule has 8 N–H and O–H groups in total. The molecule has 13 heteroatoms. The number of rotatable bonds is 37. The van der Waals surface area contributed by atoms with E-state index < -0.39 is 67.9 Å². The van der Waals surface area contributed by atoms with Gasteiger partial charge in [-0.1, -0.05) is 148 Å². The van der Waals surface area contributed by atoms with E-state index in [9.17, 15) is 29.4 Å². The van der Waals surface area contributed by atoms with E-state index >= 15 is 0 Å². The minimum atomic E-state index is -1.49. The molecule has 0 aromatic carbocycles. The van der Waals surface area contributed by atoms with Gasteiger partial charge in [0.2, 0.25) is 11.8 Å². The third-order valence-electron chi connectivity index (χ3n) is 10.9. The van der Waals surface area contributed by atoms with E-state index in [-0.39, 0.29) is 12.3 Å². The first kappa shape index (κ1) is 52.6. The number of nitrogens with two attached hydrogens (primary N) is 2. The zero-order valence-electron chi connectivity index (χ0n) is 35.9. The molecule has 1 aliphatic rings. The van der Waals surface area contributed by atoms with Gasteiger partial charge in [0, 0.05) is 19.4 Å². The van der Waals surface area contributed by atoms with Crippen LogP contribution in [-0.2, 0) is 28.8 Å². The molecule has 0 aliphatic carbocycles. The van der Waals surface area contributed by atoms with E-state index in [1.165, 1.54) is 103 Å². The van der Waals surface area contributed by atoms with Crippen molar-refractivity contribution in [2.45, 2.75) is 218 Å². The van der Waals surface area contributed by atoms with Crippen LogP contribution in [0.15, 0.2) is 12.2 Å². The van der Waals surface area contributed by atoms with Gasteiger partial charge in [0.1, 0.15) is 30.6 Å². The van der Waals surface area contributed by atoms with Crippen molar-refractivity contribution in [1.29, 1.82) is 0 Å². The molecule has 0 radical (unpaired) electrons. The van der Waals surface area contributed by atoms with Crippen molar-refractivity contribution in [2.24, 2.45) is 11.5 Å². The van der Waals surface area contributed by atoms with Gasteiger partial charge in [0.05, 0.1) is 19.7 Å². The Bertz CT molecular complexity index is 1080. The van der Waals surface area contributed by atoms with E-state index in [0.29, 0.717) is 13.0 Å². The highest BCUT2D eigenvalue weighted by Gasteiger charge is 2.42. The second kappa shape index (κ2) is 35.5. The molecule has 1 rings (SSSR count). The third kappa shape index (κ3) is 25.6. The molecule has 1 aliphatic heterocycles. The average Bonchev–Trinajstić information content (AvgIpc) is 3.22. The minimum Gasteiger partial charge on any atom is -0.394 e. The molecule has 0 aromatic heterocycles. The monoisotopic (exact) mass is 810 g/mol. The number of nitrogens with zero attached hydrogens (tertiary/aromatic N) is 1. The fourth-order valence-corrected chi connectivity index (χ4v) is 7.16. The summed E-state index contributed by atoms with van der Waals surface area (Å²) in [7, 11) is 0. The smallest absolute Gasteiger partial charge is 0.262 e. The molecule has 1 unspecified atom stereocenters. The first-order chi connectivity index (χ1) is 27.7. The number of aliphatic hydroxyl groups is 2. The first-order valence-electron chi connectivity index (χ1n) is 22.8. The van der Waals surface area contributed by atoms with Gasteiger partial charge in [0.15, 0.2) is 5.78 Å². The molecule has 0 bridgehead atoms. The second-order valence-corrected chi connectivity index (χ2v) is 15.9. The summed E-state index contributed by atoms with van der Waals surface area (Å²) < 4.78 is 6.09. The maximum absolute atomic E-state index is 13.8.